The molecule has 2 heterocycles. The lowest BCUT2D eigenvalue weighted by molar-refractivity contribution is -0.274. The molecule has 2 aliphatic heterocycles. The van der Waals surface area contributed by atoms with Crippen molar-refractivity contribution in [1.82, 2.24) is 10.2 Å². The first kappa shape index (κ1) is 20.0. The molecule has 1 atom stereocenters. The number of piperazine rings is 1. The van der Waals surface area contributed by atoms with E-state index in [0.29, 0.717) is 35.3 Å². The smallest absolute Gasteiger partial charge is 0.406 e. The molecule has 1 N–H and O–H groups in total. The van der Waals surface area contributed by atoms with Gasteiger partial charge in [-0.2, -0.15) is 13.2 Å². The summed E-state index contributed by atoms with van der Waals surface area (Å²) in [5.74, 6) is -0.404. The zero-order valence-electron chi connectivity index (χ0n) is 15.4. The van der Waals surface area contributed by atoms with E-state index in [9.17, 15) is 26.3 Å². The van der Waals surface area contributed by atoms with Crippen LogP contribution >= 0.6 is 0 Å². The van der Waals surface area contributed by atoms with Gasteiger partial charge in [0.15, 0.2) is 0 Å². The van der Waals surface area contributed by atoms with E-state index in [1.165, 1.54) is 12.1 Å². The number of hydrogen-bond donors (Lipinski definition) is 1. The third-order valence-corrected chi connectivity index (χ3v) is 5.41. The molecule has 0 bridgehead atoms. The Morgan fingerprint density at radius 2 is 1.83 bits per heavy atom. The Morgan fingerprint density at radius 3 is 2.48 bits per heavy atom. The van der Waals surface area contributed by atoms with E-state index in [-0.39, 0.29) is 18.2 Å². The van der Waals surface area contributed by atoms with Crippen molar-refractivity contribution in [1.29, 1.82) is 0 Å². The molecule has 0 spiro atoms. The zero-order chi connectivity index (χ0) is 21.0. The van der Waals surface area contributed by atoms with Gasteiger partial charge >= 0.3 is 12.5 Å². The molecule has 156 valence electrons. The van der Waals surface area contributed by atoms with E-state index in [4.69, 9.17) is 0 Å². The van der Waals surface area contributed by atoms with Crippen LogP contribution in [0.25, 0.3) is 11.1 Å². The molecule has 3 nitrogen and oxygen atoms in total. The van der Waals surface area contributed by atoms with Crippen molar-refractivity contribution in [3.8, 4) is 16.9 Å². The second-order valence-electron chi connectivity index (χ2n) is 7.30. The maximum Gasteiger partial charge on any atom is 0.573 e. The lowest BCUT2D eigenvalue weighted by Crippen LogP contribution is -2.42. The number of halogens is 6. The second kappa shape index (κ2) is 6.91. The van der Waals surface area contributed by atoms with Crippen LogP contribution in [0.2, 0.25) is 0 Å². The van der Waals surface area contributed by atoms with Gasteiger partial charge in [-0.3, -0.25) is 4.90 Å². The van der Waals surface area contributed by atoms with Crippen molar-refractivity contribution in [2.45, 2.75) is 32.0 Å². The highest BCUT2D eigenvalue weighted by Crippen LogP contribution is 2.45. The van der Waals surface area contributed by atoms with Gasteiger partial charge in [-0.25, -0.2) is 0 Å². The van der Waals surface area contributed by atoms with Gasteiger partial charge in [-0.15, -0.1) is 13.2 Å². The average Bonchev–Trinajstić information content (AvgIpc) is 2.97. The fraction of sp³-hybridized carbons (Fsp3) is 0.400. The topological polar surface area (TPSA) is 24.5 Å². The fourth-order valence-corrected chi connectivity index (χ4v) is 4.18. The van der Waals surface area contributed by atoms with E-state index in [2.05, 4.69) is 10.1 Å². The van der Waals surface area contributed by atoms with Crippen molar-refractivity contribution in [3.05, 3.63) is 52.6 Å². The summed E-state index contributed by atoms with van der Waals surface area (Å²) in [7, 11) is 0. The molecule has 0 amide bonds. The van der Waals surface area contributed by atoms with Crippen LogP contribution in [0.5, 0.6) is 5.75 Å². The molecule has 0 aromatic heterocycles. The molecule has 9 heteroatoms. The van der Waals surface area contributed by atoms with Crippen LogP contribution in [-0.2, 0) is 12.7 Å². The number of ether oxygens (including phenoxy) is 1. The van der Waals surface area contributed by atoms with Gasteiger partial charge in [0.2, 0.25) is 0 Å². The fourth-order valence-electron chi connectivity index (χ4n) is 4.18. The minimum atomic E-state index is -4.83. The molecule has 1 saturated heterocycles. The summed E-state index contributed by atoms with van der Waals surface area (Å²) in [6.45, 7) is 3.74. The molecule has 0 radical (unpaired) electrons. The van der Waals surface area contributed by atoms with Gasteiger partial charge in [-0.1, -0.05) is 6.07 Å². The molecule has 0 saturated carbocycles. The molecular formula is C20H18F6N2O. The third kappa shape index (κ3) is 3.93. The number of nitrogens with zero attached hydrogens (tertiary/aromatic N) is 1. The number of nitrogens with one attached hydrogen (secondary N) is 1. The average molecular weight is 416 g/mol. The summed E-state index contributed by atoms with van der Waals surface area (Å²) in [5.41, 5.74) is 1.39. The van der Waals surface area contributed by atoms with E-state index in [1.54, 1.807) is 13.0 Å². The van der Waals surface area contributed by atoms with Crippen LogP contribution in [0.15, 0.2) is 30.3 Å². The Morgan fingerprint density at radius 1 is 1.07 bits per heavy atom. The number of benzene rings is 2. The monoisotopic (exact) mass is 416 g/mol. The number of alkyl halides is 6. The summed E-state index contributed by atoms with van der Waals surface area (Å²) < 4.78 is 82.6. The van der Waals surface area contributed by atoms with Gasteiger partial charge in [-0.05, 0) is 59.0 Å². The van der Waals surface area contributed by atoms with Gasteiger partial charge in [0.25, 0.3) is 0 Å². The zero-order valence-corrected chi connectivity index (χ0v) is 15.4. The van der Waals surface area contributed by atoms with Crippen LogP contribution in [-0.4, -0.2) is 30.9 Å². The lowest BCUT2D eigenvalue weighted by Gasteiger charge is -2.30. The minimum absolute atomic E-state index is 0.145. The number of fused-ring (bicyclic) bond motifs is 3. The predicted molar refractivity (Wildman–Crippen MR) is 94.3 cm³/mol. The Bertz CT molecular complexity index is 938. The van der Waals surface area contributed by atoms with Crippen LogP contribution in [0.3, 0.4) is 0 Å². The van der Waals surface area contributed by atoms with Crippen molar-refractivity contribution >= 4 is 0 Å². The van der Waals surface area contributed by atoms with Crippen molar-refractivity contribution in [2.75, 3.05) is 19.6 Å². The van der Waals surface area contributed by atoms with Crippen molar-refractivity contribution in [2.24, 2.45) is 0 Å². The van der Waals surface area contributed by atoms with Crippen LogP contribution in [0, 0.1) is 6.92 Å². The van der Waals surface area contributed by atoms with Gasteiger partial charge < -0.3 is 10.1 Å². The number of hydrogen-bond acceptors (Lipinski definition) is 3. The first-order valence-corrected chi connectivity index (χ1v) is 9.08. The Balaban J connectivity index is 1.80. The van der Waals surface area contributed by atoms with E-state index >= 15 is 0 Å². The molecule has 2 aromatic rings. The Kier molecular flexibility index (Phi) is 4.77. The normalized spacial score (nSPS) is 19.8. The van der Waals surface area contributed by atoms with Crippen molar-refractivity contribution in [3.63, 3.8) is 0 Å². The summed E-state index contributed by atoms with van der Waals surface area (Å²) >= 11 is 0. The molecular weight excluding hydrogens is 398 g/mol. The van der Waals surface area contributed by atoms with E-state index in [1.807, 2.05) is 4.90 Å². The largest absolute Gasteiger partial charge is 0.573 e. The first-order valence-electron chi connectivity index (χ1n) is 9.08. The summed E-state index contributed by atoms with van der Waals surface area (Å²) in [5, 5.41) is 3.21. The first-order chi connectivity index (χ1) is 13.5. The van der Waals surface area contributed by atoms with Crippen LogP contribution in [0.1, 0.15) is 28.3 Å². The highest BCUT2D eigenvalue weighted by Gasteiger charge is 2.41. The maximum atomic E-state index is 13.8. The summed E-state index contributed by atoms with van der Waals surface area (Å²) in [6.07, 6.45) is -9.35. The van der Waals surface area contributed by atoms with E-state index < -0.39 is 23.9 Å². The molecule has 2 aliphatic rings. The molecule has 0 aliphatic carbocycles. The maximum absolute atomic E-state index is 13.8. The SMILES string of the molecule is Cc1cc(OC(F)(F)F)ccc1-c1cc2c(c(C(F)(F)F)c1)CN1CCNCC21. The molecule has 1 fully saturated rings. The lowest BCUT2D eigenvalue weighted by atomic mass is 9.91. The van der Waals surface area contributed by atoms with Gasteiger partial charge in [0.05, 0.1) is 5.56 Å². The van der Waals surface area contributed by atoms with Gasteiger partial charge in [0.1, 0.15) is 5.75 Å². The summed E-state index contributed by atoms with van der Waals surface area (Å²) in [6, 6.07) is 6.34. The van der Waals surface area contributed by atoms with Crippen molar-refractivity contribution < 1.29 is 31.1 Å². The number of aryl methyl sites for hydroxylation is 1. The minimum Gasteiger partial charge on any atom is -0.406 e. The second-order valence-corrected chi connectivity index (χ2v) is 7.30. The molecule has 4 rings (SSSR count). The highest BCUT2D eigenvalue weighted by atomic mass is 19.4. The quantitative estimate of drug-likeness (QED) is 0.695. The standard InChI is InChI=1S/C20H18F6N2O/c1-11-6-13(29-20(24,25)26)2-3-14(11)12-7-15-16(17(8-12)19(21,22)23)10-28-5-4-27-9-18(15)28/h2-3,6-8,18,27H,4-5,9-10H2,1H3. The molecule has 29 heavy (non-hydrogen) atoms. The predicted octanol–water partition coefficient (Wildman–Crippen LogP) is 5.04. The molecule has 2 aromatic carbocycles. The number of rotatable bonds is 2. The highest BCUT2D eigenvalue weighted by molar-refractivity contribution is 5.71. The third-order valence-electron chi connectivity index (χ3n) is 5.41. The van der Waals surface area contributed by atoms with Crippen LogP contribution < -0.4 is 10.1 Å². The van der Waals surface area contributed by atoms with Gasteiger partial charge in [0, 0.05) is 32.2 Å². The summed E-state index contributed by atoms with van der Waals surface area (Å²) in [4.78, 5) is 2.02. The Hall–Kier alpha value is -2.26. The Labute approximate surface area is 163 Å². The molecule has 1 unspecified atom stereocenters. The van der Waals surface area contributed by atoms with E-state index in [0.717, 1.165) is 18.7 Å². The van der Waals surface area contributed by atoms with Crippen LogP contribution in [0.4, 0.5) is 26.3 Å².